The van der Waals surface area contributed by atoms with Crippen LogP contribution in [-0.2, 0) is 10.8 Å². The first-order valence-electron chi connectivity index (χ1n) is 17.4. The van der Waals surface area contributed by atoms with Crippen molar-refractivity contribution in [1.29, 1.82) is 0 Å². The minimum atomic E-state index is -0.0956. The van der Waals surface area contributed by atoms with Crippen LogP contribution in [0, 0.1) is 12.8 Å². The van der Waals surface area contributed by atoms with Gasteiger partial charge < -0.3 is 4.74 Å². The fourth-order valence-corrected chi connectivity index (χ4v) is 7.73. The molecule has 0 saturated heterocycles. The highest BCUT2D eigenvalue weighted by Crippen LogP contribution is 2.45. The number of hydrogen-bond donors (Lipinski definition) is 0. The molecule has 2 atom stereocenters. The van der Waals surface area contributed by atoms with E-state index in [1.807, 2.05) is 12.3 Å². The lowest BCUT2D eigenvalue weighted by Crippen LogP contribution is -2.24. The van der Waals surface area contributed by atoms with Gasteiger partial charge >= 0.3 is 0 Å². The van der Waals surface area contributed by atoms with Gasteiger partial charge in [0.05, 0.1) is 28.1 Å². The molecule has 5 heteroatoms. The summed E-state index contributed by atoms with van der Waals surface area (Å²) in [7, 11) is 0. The van der Waals surface area contributed by atoms with Crippen LogP contribution in [0.3, 0.4) is 0 Å². The lowest BCUT2D eigenvalue weighted by Gasteiger charge is -2.32. The first kappa shape index (κ1) is 31.9. The van der Waals surface area contributed by atoms with Crippen molar-refractivity contribution in [2.24, 2.45) is 5.92 Å². The molecular weight excluding hydrogens is 589 g/mol. The Balaban J connectivity index is 1.31. The summed E-state index contributed by atoms with van der Waals surface area (Å²) in [5, 5.41) is 7.56. The van der Waals surface area contributed by atoms with E-state index in [0.717, 1.165) is 46.2 Å². The quantitative estimate of drug-likeness (QED) is 0.177. The smallest absolute Gasteiger partial charge is 0.137 e. The van der Waals surface area contributed by atoms with Crippen LogP contribution in [0.2, 0.25) is 0 Å². The summed E-state index contributed by atoms with van der Waals surface area (Å²) >= 11 is 0. The topological polar surface area (TPSA) is 44.9 Å². The molecule has 0 spiro atoms. The second-order valence-electron chi connectivity index (χ2n) is 15.8. The third-order valence-electron chi connectivity index (χ3n) is 10.1. The number of ether oxygens (including phenoxy) is 1. The molecular formula is C43H48N4O. The molecule has 1 aliphatic carbocycles. The summed E-state index contributed by atoms with van der Waals surface area (Å²) < 4.78 is 11.1. The van der Waals surface area contributed by atoms with Gasteiger partial charge in [-0.15, -0.1) is 0 Å². The Labute approximate surface area is 285 Å². The number of para-hydroxylation sites is 1. The number of nitrogens with zero attached hydrogens (tertiary/aromatic N) is 4. The zero-order valence-corrected chi connectivity index (χ0v) is 29.9. The second kappa shape index (κ2) is 11.8. The van der Waals surface area contributed by atoms with Gasteiger partial charge in [0.1, 0.15) is 17.3 Å². The Morgan fingerprint density at radius 1 is 0.771 bits per heavy atom. The predicted octanol–water partition coefficient (Wildman–Crippen LogP) is 11.5. The number of rotatable bonds is 5. The monoisotopic (exact) mass is 636 g/mol. The Hall–Kier alpha value is -4.64. The van der Waals surface area contributed by atoms with E-state index >= 15 is 0 Å². The molecule has 0 N–H and O–H groups in total. The summed E-state index contributed by atoms with van der Waals surface area (Å²) in [6.45, 7) is 20.5. The molecule has 0 bridgehead atoms. The van der Waals surface area contributed by atoms with E-state index in [2.05, 4.69) is 150 Å². The van der Waals surface area contributed by atoms with Crippen LogP contribution in [0.4, 0.5) is 0 Å². The van der Waals surface area contributed by atoms with E-state index in [4.69, 9.17) is 14.8 Å². The third kappa shape index (κ3) is 5.63. The Bertz CT molecular complexity index is 2180. The highest BCUT2D eigenvalue weighted by atomic mass is 16.5. The summed E-state index contributed by atoms with van der Waals surface area (Å²) in [5.74, 6) is 3.43. The van der Waals surface area contributed by atoms with Crippen molar-refractivity contribution in [3.63, 3.8) is 0 Å². The minimum Gasteiger partial charge on any atom is -0.457 e. The molecule has 1 unspecified atom stereocenters. The van der Waals surface area contributed by atoms with Crippen molar-refractivity contribution >= 4 is 21.8 Å². The average Bonchev–Trinajstić information content (AvgIpc) is 3.55. The standard InChI is InChI=1S/C43H48N4O/c1-27-14-12-15-28(2)39(27)40-29(3)45-47(41(40)43(7,8)9)31-16-13-17-32(25-31)48-33-20-21-35-34-18-10-11-19-36(34)46(37(35)26-33)38-24-30(22-23-44-38)42(4,5)6/h10-11,13-14,16-26,28,39H,12,15H2,1-9H3/t28-,39?/m0/s1. The average molecular weight is 637 g/mol. The maximum absolute atomic E-state index is 6.64. The number of benzene rings is 3. The van der Waals surface area contributed by atoms with Crippen molar-refractivity contribution in [3.05, 3.63) is 119 Å². The second-order valence-corrected chi connectivity index (χ2v) is 15.8. The highest BCUT2D eigenvalue weighted by molar-refractivity contribution is 6.09. The molecule has 5 nitrogen and oxygen atoms in total. The first-order valence-corrected chi connectivity index (χ1v) is 17.4. The molecule has 246 valence electrons. The zero-order valence-electron chi connectivity index (χ0n) is 29.9. The largest absolute Gasteiger partial charge is 0.457 e. The number of aryl methyl sites for hydroxylation is 1. The van der Waals surface area contributed by atoms with Crippen LogP contribution in [-0.4, -0.2) is 19.3 Å². The van der Waals surface area contributed by atoms with Crippen molar-refractivity contribution in [1.82, 2.24) is 19.3 Å². The van der Waals surface area contributed by atoms with Gasteiger partial charge in [-0.3, -0.25) is 4.57 Å². The molecule has 0 amide bonds. The summed E-state index contributed by atoms with van der Waals surface area (Å²) in [6.07, 6.45) is 6.72. The summed E-state index contributed by atoms with van der Waals surface area (Å²) in [4.78, 5) is 4.84. The normalized spacial score (nSPS) is 17.2. The molecule has 0 saturated carbocycles. The Morgan fingerprint density at radius 2 is 1.52 bits per heavy atom. The number of fused-ring (bicyclic) bond motifs is 3. The summed E-state index contributed by atoms with van der Waals surface area (Å²) in [5.41, 5.74) is 9.61. The van der Waals surface area contributed by atoms with Gasteiger partial charge in [0.2, 0.25) is 0 Å². The van der Waals surface area contributed by atoms with Gasteiger partial charge in [0.25, 0.3) is 0 Å². The highest BCUT2D eigenvalue weighted by Gasteiger charge is 2.35. The number of hydrogen-bond acceptors (Lipinski definition) is 3. The molecule has 0 fully saturated rings. The van der Waals surface area contributed by atoms with Crippen molar-refractivity contribution in [3.8, 4) is 23.0 Å². The van der Waals surface area contributed by atoms with Gasteiger partial charge in [-0.2, -0.15) is 5.10 Å². The number of allylic oxidation sites excluding steroid dienone is 2. The lowest BCUT2D eigenvalue weighted by molar-refractivity contribution is 0.437. The van der Waals surface area contributed by atoms with E-state index in [0.29, 0.717) is 11.8 Å². The Kier molecular flexibility index (Phi) is 7.85. The van der Waals surface area contributed by atoms with Crippen LogP contribution in [0.1, 0.15) is 96.7 Å². The van der Waals surface area contributed by atoms with E-state index in [9.17, 15) is 0 Å². The first-order chi connectivity index (χ1) is 22.8. The Morgan fingerprint density at radius 3 is 2.27 bits per heavy atom. The van der Waals surface area contributed by atoms with Crippen molar-refractivity contribution in [2.45, 2.75) is 91.9 Å². The van der Waals surface area contributed by atoms with Crippen LogP contribution >= 0.6 is 0 Å². The van der Waals surface area contributed by atoms with Gasteiger partial charge in [-0.05, 0) is 86.1 Å². The molecule has 6 aromatic rings. The van der Waals surface area contributed by atoms with Crippen LogP contribution in [0.5, 0.6) is 11.5 Å². The molecule has 3 aromatic heterocycles. The summed E-state index contributed by atoms with van der Waals surface area (Å²) in [6, 6.07) is 27.6. The molecule has 3 aromatic carbocycles. The van der Waals surface area contributed by atoms with E-state index in [1.54, 1.807) is 0 Å². The van der Waals surface area contributed by atoms with Crippen molar-refractivity contribution < 1.29 is 4.74 Å². The van der Waals surface area contributed by atoms with Crippen LogP contribution in [0.15, 0.2) is 96.7 Å². The van der Waals surface area contributed by atoms with E-state index < -0.39 is 0 Å². The lowest BCUT2D eigenvalue weighted by atomic mass is 9.72. The molecule has 1 aliphatic rings. The van der Waals surface area contributed by atoms with Crippen LogP contribution in [0.25, 0.3) is 33.3 Å². The molecule has 3 heterocycles. The maximum atomic E-state index is 6.64. The fourth-order valence-electron chi connectivity index (χ4n) is 7.73. The van der Waals surface area contributed by atoms with Gasteiger partial charge in [-0.1, -0.05) is 84.4 Å². The fraction of sp³-hybridized carbons (Fsp3) is 0.349. The third-order valence-corrected chi connectivity index (χ3v) is 10.1. The molecule has 48 heavy (non-hydrogen) atoms. The predicted molar refractivity (Wildman–Crippen MR) is 199 cm³/mol. The molecule has 0 radical (unpaired) electrons. The van der Waals surface area contributed by atoms with E-state index in [-0.39, 0.29) is 10.8 Å². The van der Waals surface area contributed by atoms with Gasteiger partial charge in [0.15, 0.2) is 0 Å². The number of pyridine rings is 1. The van der Waals surface area contributed by atoms with Gasteiger partial charge in [0, 0.05) is 46.0 Å². The SMILES string of the molecule is CC1=CCC[C@H](C)C1c1c(C)nn(-c2cccc(Oc3ccc4c5ccccc5n(-c5cc(C(C)(C)C)ccn5)c4c3)c2)c1C(C)(C)C. The number of aromatic nitrogens is 4. The van der Waals surface area contributed by atoms with E-state index in [1.165, 1.54) is 39.6 Å². The molecule has 7 rings (SSSR count). The molecule has 0 aliphatic heterocycles. The zero-order chi connectivity index (χ0) is 34.0. The van der Waals surface area contributed by atoms with Crippen LogP contribution < -0.4 is 4.74 Å². The minimum absolute atomic E-state index is 0.0145. The maximum Gasteiger partial charge on any atom is 0.137 e. The van der Waals surface area contributed by atoms with Crippen molar-refractivity contribution in [2.75, 3.05) is 0 Å². The van der Waals surface area contributed by atoms with Gasteiger partial charge in [-0.25, -0.2) is 9.67 Å².